The lowest BCUT2D eigenvalue weighted by Gasteiger charge is -2.27. The number of nitrogens with zero attached hydrogens (tertiary/aromatic N) is 1. The lowest BCUT2D eigenvalue weighted by molar-refractivity contribution is -0.137. The Hall–Kier alpha value is -2.30. The molecule has 2 aromatic rings. The Bertz CT molecular complexity index is 690. The number of benzene rings is 1. The molecule has 5 nitrogen and oxygen atoms in total. The first-order chi connectivity index (χ1) is 10.1. The number of carbonyl (C=O) groups is 2. The van der Waals surface area contributed by atoms with E-state index in [1.807, 2.05) is 23.1 Å². The molecule has 3 rings (SSSR count). The molecule has 0 saturated heterocycles. The van der Waals surface area contributed by atoms with E-state index < -0.39 is 5.97 Å². The number of hydrogen-bond acceptors (Lipinski definition) is 2. The zero-order valence-electron chi connectivity index (χ0n) is 11.8. The minimum Gasteiger partial charge on any atom is -0.481 e. The van der Waals surface area contributed by atoms with Crippen molar-refractivity contribution in [1.29, 1.82) is 0 Å². The molecular weight excluding hydrogens is 268 g/mol. The summed E-state index contributed by atoms with van der Waals surface area (Å²) in [7, 11) is 0. The Morgan fingerprint density at radius 3 is 2.86 bits per heavy atom. The second-order valence-electron chi connectivity index (χ2n) is 5.44. The number of aromatic amines is 1. The van der Waals surface area contributed by atoms with Gasteiger partial charge in [0.05, 0.1) is 0 Å². The number of hydrogen-bond donors (Lipinski definition) is 2. The molecule has 110 valence electrons. The summed E-state index contributed by atoms with van der Waals surface area (Å²) < 4.78 is 0. The Morgan fingerprint density at radius 2 is 2.05 bits per heavy atom. The number of H-pyrrole nitrogens is 1. The Kier molecular flexibility index (Phi) is 3.64. The average Bonchev–Trinajstić information content (AvgIpc) is 2.84. The molecule has 0 aliphatic carbocycles. The molecule has 0 radical (unpaired) electrons. The maximum Gasteiger partial charge on any atom is 0.303 e. The van der Waals surface area contributed by atoms with Crippen LogP contribution in [0.5, 0.6) is 0 Å². The number of rotatable bonds is 4. The van der Waals surface area contributed by atoms with Gasteiger partial charge in [-0.15, -0.1) is 0 Å². The predicted molar refractivity (Wildman–Crippen MR) is 78.9 cm³/mol. The number of carbonyl (C=O) groups excluding carboxylic acids is 1. The fourth-order valence-electron chi connectivity index (χ4n) is 2.93. The summed E-state index contributed by atoms with van der Waals surface area (Å²) in [6.07, 6.45) is 1.60. The van der Waals surface area contributed by atoms with Crippen LogP contribution in [0.2, 0.25) is 0 Å². The average molecular weight is 286 g/mol. The minimum atomic E-state index is -0.847. The predicted octanol–water partition coefficient (Wildman–Crippen LogP) is 2.31. The van der Waals surface area contributed by atoms with E-state index in [0.717, 1.165) is 11.9 Å². The lowest BCUT2D eigenvalue weighted by atomic mass is 10.0. The number of carboxylic acid groups (broad SMARTS) is 1. The van der Waals surface area contributed by atoms with Gasteiger partial charge in [0.1, 0.15) is 0 Å². The SMILES string of the molecule is O=C(O)CCCC(=O)N1CCc2[nH]c3ccccc3c2C1. The molecule has 2 heterocycles. The van der Waals surface area contributed by atoms with Gasteiger partial charge in [0.25, 0.3) is 0 Å². The van der Waals surface area contributed by atoms with Crippen LogP contribution < -0.4 is 0 Å². The zero-order chi connectivity index (χ0) is 14.8. The summed E-state index contributed by atoms with van der Waals surface area (Å²) in [5, 5.41) is 9.80. The number of amides is 1. The number of aromatic nitrogens is 1. The van der Waals surface area contributed by atoms with Gasteiger partial charge in [0.2, 0.25) is 5.91 Å². The standard InChI is InChI=1S/C16H18N2O3/c19-15(6-3-7-16(20)21)18-9-8-14-12(10-18)11-4-1-2-5-13(11)17-14/h1-2,4-5,17H,3,6-10H2,(H,20,21). The van der Waals surface area contributed by atoms with E-state index in [0.29, 0.717) is 25.9 Å². The van der Waals surface area contributed by atoms with Crippen LogP contribution in [-0.4, -0.2) is 33.4 Å². The Morgan fingerprint density at radius 1 is 1.24 bits per heavy atom. The molecular formula is C16H18N2O3. The Balaban J connectivity index is 1.71. The van der Waals surface area contributed by atoms with Crippen molar-refractivity contribution < 1.29 is 14.7 Å². The van der Waals surface area contributed by atoms with Crippen molar-refractivity contribution in [3.05, 3.63) is 35.5 Å². The van der Waals surface area contributed by atoms with Gasteiger partial charge in [-0.3, -0.25) is 9.59 Å². The maximum absolute atomic E-state index is 12.2. The third-order valence-corrected chi connectivity index (χ3v) is 4.02. The number of para-hydroxylation sites is 1. The van der Waals surface area contributed by atoms with Crippen LogP contribution in [0.3, 0.4) is 0 Å². The van der Waals surface area contributed by atoms with Crippen molar-refractivity contribution in [2.45, 2.75) is 32.2 Å². The number of carboxylic acids is 1. The van der Waals surface area contributed by atoms with Gasteiger partial charge in [0, 0.05) is 54.5 Å². The molecule has 0 bridgehead atoms. The Labute approximate surface area is 122 Å². The van der Waals surface area contributed by atoms with Crippen LogP contribution in [0.25, 0.3) is 10.9 Å². The normalized spacial score (nSPS) is 14.2. The van der Waals surface area contributed by atoms with Gasteiger partial charge in [-0.25, -0.2) is 0 Å². The first kappa shape index (κ1) is 13.7. The molecule has 1 aliphatic rings. The van der Waals surface area contributed by atoms with Gasteiger partial charge in [0.15, 0.2) is 0 Å². The van der Waals surface area contributed by atoms with Crippen molar-refractivity contribution >= 4 is 22.8 Å². The third-order valence-electron chi connectivity index (χ3n) is 4.02. The van der Waals surface area contributed by atoms with Crippen molar-refractivity contribution in [3.8, 4) is 0 Å². The third kappa shape index (κ3) is 2.77. The van der Waals surface area contributed by atoms with Crippen molar-refractivity contribution in [1.82, 2.24) is 9.88 Å². The molecule has 5 heteroatoms. The molecule has 2 N–H and O–H groups in total. The first-order valence-electron chi connectivity index (χ1n) is 7.23. The van der Waals surface area contributed by atoms with Gasteiger partial charge in [-0.2, -0.15) is 0 Å². The summed E-state index contributed by atoms with van der Waals surface area (Å²) in [5.41, 5.74) is 3.52. The molecule has 1 aromatic carbocycles. The van der Waals surface area contributed by atoms with Gasteiger partial charge in [-0.05, 0) is 12.5 Å². The molecule has 0 saturated carbocycles. The van der Waals surface area contributed by atoms with Gasteiger partial charge in [-0.1, -0.05) is 18.2 Å². The highest BCUT2D eigenvalue weighted by molar-refractivity contribution is 5.86. The highest BCUT2D eigenvalue weighted by Crippen LogP contribution is 2.27. The molecule has 21 heavy (non-hydrogen) atoms. The van der Waals surface area contributed by atoms with Crippen LogP contribution in [0.1, 0.15) is 30.5 Å². The summed E-state index contributed by atoms with van der Waals surface area (Å²) in [5.74, 6) is -0.799. The summed E-state index contributed by atoms with van der Waals surface area (Å²) in [6, 6.07) is 8.12. The van der Waals surface area contributed by atoms with Gasteiger partial charge >= 0.3 is 5.97 Å². The summed E-state index contributed by atoms with van der Waals surface area (Å²) in [4.78, 5) is 27.9. The molecule has 0 atom stereocenters. The molecule has 0 fully saturated rings. The van der Waals surface area contributed by atoms with Crippen molar-refractivity contribution in [2.75, 3.05) is 6.54 Å². The maximum atomic E-state index is 12.2. The van der Waals surface area contributed by atoms with E-state index in [-0.39, 0.29) is 12.3 Å². The summed E-state index contributed by atoms with van der Waals surface area (Å²) >= 11 is 0. The van der Waals surface area contributed by atoms with E-state index in [1.165, 1.54) is 16.6 Å². The fraction of sp³-hybridized carbons (Fsp3) is 0.375. The van der Waals surface area contributed by atoms with Crippen LogP contribution in [0.4, 0.5) is 0 Å². The molecule has 0 spiro atoms. The quantitative estimate of drug-likeness (QED) is 0.905. The number of nitrogens with one attached hydrogen (secondary N) is 1. The summed E-state index contributed by atoms with van der Waals surface area (Å²) in [6.45, 7) is 1.32. The van der Waals surface area contributed by atoms with Crippen LogP contribution in [0.15, 0.2) is 24.3 Å². The van der Waals surface area contributed by atoms with Crippen molar-refractivity contribution in [3.63, 3.8) is 0 Å². The topological polar surface area (TPSA) is 73.4 Å². The number of fused-ring (bicyclic) bond motifs is 3. The molecule has 1 amide bonds. The monoisotopic (exact) mass is 286 g/mol. The molecule has 1 aromatic heterocycles. The largest absolute Gasteiger partial charge is 0.481 e. The van der Waals surface area contributed by atoms with E-state index in [2.05, 4.69) is 11.1 Å². The lowest BCUT2D eigenvalue weighted by Crippen LogP contribution is -2.35. The smallest absolute Gasteiger partial charge is 0.303 e. The fourth-order valence-corrected chi connectivity index (χ4v) is 2.93. The molecule has 1 aliphatic heterocycles. The number of aliphatic carboxylic acids is 1. The van der Waals surface area contributed by atoms with Crippen LogP contribution >= 0.6 is 0 Å². The first-order valence-corrected chi connectivity index (χ1v) is 7.23. The second-order valence-corrected chi connectivity index (χ2v) is 5.44. The van der Waals surface area contributed by atoms with Crippen LogP contribution in [-0.2, 0) is 22.6 Å². The van der Waals surface area contributed by atoms with Crippen LogP contribution in [0, 0.1) is 0 Å². The highest BCUT2D eigenvalue weighted by atomic mass is 16.4. The zero-order valence-corrected chi connectivity index (χ0v) is 11.8. The second kappa shape index (κ2) is 5.60. The van der Waals surface area contributed by atoms with E-state index in [9.17, 15) is 9.59 Å². The van der Waals surface area contributed by atoms with Crippen molar-refractivity contribution in [2.24, 2.45) is 0 Å². The highest BCUT2D eigenvalue weighted by Gasteiger charge is 2.23. The van der Waals surface area contributed by atoms with Gasteiger partial charge < -0.3 is 15.0 Å². The molecule has 0 unspecified atom stereocenters. The van der Waals surface area contributed by atoms with E-state index in [4.69, 9.17) is 5.11 Å². The minimum absolute atomic E-state index is 0.0483. The van der Waals surface area contributed by atoms with E-state index in [1.54, 1.807) is 0 Å². The van der Waals surface area contributed by atoms with E-state index >= 15 is 0 Å².